The average molecular weight is 319 g/mol. The summed E-state index contributed by atoms with van der Waals surface area (Å²) in [4.78, 5) is 0.139. The Labute approximate surface area is 127 Å². The fraction of sp³-hybridized carbons (Fsp3) is 0.571. The predicted octanol–water partition coefficient (Wildman–Crippen LogP) is 2.92. The fourth-order valence-corrected chi connectivity index (χ4v) is 3.94. The van der Waals surface area contributed by atoms with Crippen molar-refractivity contribution in [2.24, 2.45) is 0 Å². The Hall–Kier alpha value is -0.620. The zero-order valence-electron chi connectivity index (χ0n) is 12.5. The van der Waals surface area contributed by atoms with Crippen LogP contribution in [0.25, 0.3) is 0 Å². The molecule has 0 aliphatic rings. The topological polar surface area (TPSA) is 58.2 Å². The molecule has 6 heteroatoms. The van der Waals surface area contributed by atoms with Crippen LogP contribution in [0, 0.1) is 0 Å². The smallest absolute Gasteiger partial charge is 0.242 e. The lowest BCUT2D eigenvalue weighted by Crippen LogP contribution is -2.44. The van der Waals surface area contributed by atoms with Gasteiger partial charge in [0.05, 0.1) is 5.02 Å². The van der Waals surface area contributed by atoms with Gasteiger partial charge < -0.3 is 5.32 Å². The number of nitrogens with one attached hydrogen (secondary N) is 2. The molecule has 4 nitrogen and oxygen atoms in total. The normalized spacial score (nSPS) is 12.7. The number of hydrogen-bond acceptors (Lipinski definition) is 3. The number of sulfonamides is 1. The highest BCUT2D eigenvalue weighted by Crippen LogP contribution is 2.25. The van der Waals surface area contributed by atoms with Crippen molar-refractivity contribution in [3.8, 4) is 0 Å². The third-order valence-electron chi connectivity index (χ3n) is 3.61. The van der Waals surface area contributed by atoms with Gasteiger partial charge in [-0.1, -0.05) is 31.5 Å². The molecule has 1 rings (SSSR count). The molecular weight excluding hydrogens is 296 g/mol. The van der Waals surface area contributed by atoms with E-state index in [1.807, 2.05) is 33.9 Å². The van der Waals surface area contributed by atoms with Gasteiger partial charge in [-0.3, -0.25) is 0 Å². The van der Waals surface area contributed by atoms with E-state index in [4.69, 9.17) is 11.6 Å². The van der Waals surface area contributed by atoms with E-state index in [1.54, 1.807) is 12.1 Å². The van der Waals surface area contributed by atoms with Gasteiger partial charge in [-0.15, -0.1) is 0 Å². The van der Waals surface area contributed by atoms with Crippen molar-refractivity contribution in [2.45, 2.75) is 50.6 Å². The summed E-state index contributed by atoms with van der Waals surface area (Å²) in [5, 5.41) is 3.24. The lowest BCUT2D eigenvalue weighted by molar-refractivity contribution is 0.388. The Morgan fingerprint density at radius 3 is 2.35 bits per heavy atom. The van der Waals surface area contributed by atoms with E-state index in [9.17, 15) is 8.42 Å². The van der Waals surface area contributed by atoms with E-state index in [1.165, 1.54) is 0 Å². The van der Waals surface area contributed by atoms with E-state index in [-0.39, 0.29) is 9.92 Å². The van der Waals surface area contributed by atoms with Crippen molar-refractivity contribution in [3.63, 3.8) is 0 Å². The second-order valence-corrected chi connectivity index (χ2v) is 7.23. The maximum absolute atomic E-state index is 12.5. The summed E-state index contributed by atoms with van der Waals surface area (Å²) >= 11 is 6.06. The van der Waals surface area contributed by atoms with Crippen molar-refractivity contribution in [1.82, 2.24) is 10.0 Å². The van der Waals surface area contributed by atoms with Gasteiger partial charge in [0.15, 0.2) is 0 Å². The van der Waals surface area contributed by atoms with Gasteiger partial charge in [-0.2, -0.15) is 0 Å². The number of hydrogen-bond donors (Lipinski definition) is 2. The van der Waals surface area contributed by atoms with Crippen LogP contribution in [0.3, 0.4) is 0 Å². The molecule has 0 spiro atoms. The standard InChI is InChI=1S/C14H23ClN2O2S/c1-5-14(3,6-2)17-20(18,19)13-9-11(10-16-4)7-8-12(13)15/h7-9,16-17H,5-6,10H2,1-4H3. The zero-order chi connectivity index (χ0) is 15.4. The molecule has 20 heavy (non-hydrogen) atoms. The third kappa shape index (κ3) is 4.19. The quantitative estimate of drug-likeness (QED) is 0.812. The SMILES string of the molecule is CCC(C)(CC)NS(=O)(=O)c1cc(CNC)ccc1Cl. The zero-order valence-corrected chi connectivity index (χ0v) is 14.0. The second-order valence-electron chi connectivity index (χ2n) is 5.17. The van der Waals surface area contributed by atoms with Crippen molar-refractivity contribution >= 4 is 21.6 Å². The summed E-state index contributed by atoms with van der Waals surface area (Å²) in [6.07, 6.45) is 1.44. The van der Waals surface area contributed by atoms with Crippen LogP contribution in [-0.2, 0) is 16.6 Å². The van der Waals surface area contributed by atoms with E-state index in [0.717, 1.165) is 18.4 Å². The van der Waals surface area contributed by atoms with E-state index in [0.29, 0.717) is 6.54 Å². The van der Waals surface area contributed by atoms with Crippen LogP contribution >= 0.6 is 11.6 Å². The minimum absolute atomic E-state index is 0.139. The number of halogens is 1. The van der Waals surface area contributed by atoms with Gasteiger partial charge in [-0.25, -0.2) is 13.1 Å². The average Bonchev–Trinajstić information content (AvgIpc) is 2.40. The van der Waals surface area contributed by atoms with Crippen LogP contribution in [-0.4, -0.2) is 21.0 Å². The van der Waals surface area contributed by atoms with Gasteiger partial charge in [-0.05, 0) is 44.5 Å². The molecule has 0 fully saturated rings. The van der Waals surface area contributed by atoms with Gasteiger partial charge in [0.2, 0.25) is 10.0 Å². The maximum Gasteiger partial charge on any atom is 0.242 e. The first-order valence-corrected chi connectivity index (χ1v) is 8.61. The molecule has 0 aliphatic carbocycles. The lowest BCUT2D eigenvalue weighted by atomic mass is 9.98. The Bertz CT molecular complexity index is 554. The molecule has 0 bridgehead atoms. The monoisotopic (exact) mass is 318 g/mol. The Balaban J connectivity index is 3.18. The first kappa shape index (κ1) is 17.4. The van der Waals surface area contributed by atoms with Crippen molar-refractivity contribution in [3.05, 3.63) is 28.8 Å². The fourth-order valence-electron chi connectivity index (χ4n) is 1.84. The Kier molecular flexibility index (Phi) is 6.01. The summed E-state index contributed by atoms with van der Waals surface area (Å²) < 4.78 is 27.8. The molecule has 0 amide bonds. The summed E-state index contributed by atoms with van der Waals surface area (Å²) in [6, 6.07) is 5.06. The van der Waals surface area contributed by atoms with E-state index in [2.05, 4.69) is 10.0 Å². The predicted molar refractivity (Wildman–Crippen MR) is 83.5 cm³/mol. The molecule has 1 aromatic carbocycles. The molecule has 0 atom stereocenters. The highest BCUT2D eigenvalue weighted by Gasteiger charge is 2.28. The molecule has 0 aromatic heterocycles. The molecule has 0 saturated carbocycles. The van der Waals surface area contributed by atoms with Gasteiger partial charge in [0, 0.05) is 12.1 Å². The van der Waals surface area contributed by atoms with Crippen LogP contribution in [0.1, 0.15) is 39.2 Å². The van der Waals surface area contributed by atoms with Gasteiger partial charge >= 0.3 is 0 Å². The first-order chi connectivity index (χ1) is 9.28. The van der Waals surface area contributed by atoms with E-state index < -0.39 is 15.6 Å². The molecule has 0 heterocycles. The molecule has 1 aromatic rings. The molecule has 0 aliphatic heterocycles. The summed E-state index contributed by atoms with van der Waals surface area (Å²) in [5.41, 5.74) is 0.424. The molecule has 0 radical (unpaired) electrons. The Morgan fingerprint density at radius 2 is 1.85 bits per heavy atom. The van der Waals surface area contributed by atoms with Crippen molar-refractivity contribution in [2.75, 3.05) is 7.05 Å². The van der Waals surface area contributed by atoms with Crippen molar-refractivity contribution < 1.29 is 8.42 Å². The second kappa shape index (κ2) is 6.89. The Morgan fingerprint density at radius 1 is 1.25 bits per heavy atom. The highest BCUT2D eigenvalue weighted by atomic mass is 35.5. The van der Waals surface area contributed by atoms with Crippen LogP contribution in [0.4, 0.5) is 0 Å². The minimum Gasteiger partial charge on any atom is -0.316 e. The molecule has 0 saturated heterocycles. The molecular formula is C14H23ClN2O2S. The lowest BCUT2D eigenvalue weighted by Gasteiger charge is -2.28. The highest BCUT2D eigenvalue weighted by molar-refractivity contribution is 7.89. The van der Waals surface area contributed by atoms with Crippen LogP contribution in [0.2, 0.25) is 5.02 Å². The van der Waals surface area contributed by atoms with Gasteiger partial charge in [0.25, 0.3) is 0 Å². The summed E-state index contributed by atoms with van der Waals surface area (Å²) in [5.74, 6) is 0. The molecule has 114 valence electrons. The van der Waals surface area contributed by atoms with Gasteiger partial charge in [0.1, 0.15) is 4.90 Å². The van der Waals surface area contributed by atoms with E-state index >= 15 is 0 Å². The summed E-state index contributed by atoms with van der Waals surface area (Å²) in [6.45, 7) is 6.42. The largest absolute Gasteiger partial charge is 0.316 e. The minimum atomic E-state index is -3.62. The maximum atomic E-state index is 12.5. The van der Waals surface area contributed by atoms with Crippen molar-refractivity contribution in [1.29, 1.82) is 0 Å². The molecule has 0 unspecified atom stereocenters. The van der Waals surface area contributed by atoms with Crippen LogP contribution in [0.15, 0.2) is 23.1 Å². The molecule has 2 N–H and O–H groups in total. The first-order valence-electron chi connectivity index (χ1n) is 6.75. The third-order valence-corrected chi connectivity index (χ3v) is 5.73. The number of rotatable bonds is 7. The number of benzene rings is 1. The van der Waals surface area contributed by atoms with Crippen LogP contribution < -0.4 is 10.0 Å². The van der Waals surface area contributed by atoms with Crippen LogP contribution in [0.5, 0.6) is 0 Å². The summed E-state index contributed by atoms with van der Waals surface area (Å²) in [7, 11) is -1.81.